The molecule has 152 valence electrons. The number of aryl methyl sites for hydroxylation is 1. The highest BCUT2D eigenvalue weighted by atomic mass is 35.5. The molecule has 2 aromatic carbocycles. The maximum atomic E-state index is 12.7. The zero-order valence-corrected chi connectivity index (χ0v) is 18.3. The number of carbonyl (C=O) groups excluding carboxylic acids is 2. The van der Waals surface area contributed by atoms with E-state index < -0.39 is 0 Å². The minimum Gasteiger partial charge on any atom is -0.333 e. The Morgan fingerprint density at radius 1 is 1.17 bits per heavy atom. The molecular weight excluding hydrogens is 429 g/mol. The van der Waals surface area contributed by atoms with E-state index in [0.717, 1.165) is 21.6 Å². The van der Waals surface area contributed by atoms with Gasteiger partial charge in [0.2, 0.25) is 11.8 Å². The molecule has 0 aliphatic rings. The van der Waals surface area contributed by atoms with Crippen molar-refractivity contribution in [2.45, 2.75) is 26.2 Å². The smallest absolute Gasteiger partial charge is 0.244 e. The predicted octanol–water partition coefficient (Wildman–Crippen LogP) is 5.41. The molecule has 29 heavy (non-hydrogen) atoms. The molecule has 1 aromatic heterocycles. The van der Waals surface area contributed by atoms with Gasteiger partial charge in [0, 0.05) is 24.4 Å². The van der Waals surface area contributed by atoms with Gasteiger partial charge in [-0.1, -0.05) is 42.3 Å². The first-order valence-electron chi connectivity index (χ1n) is 9.33. The average Bonchev–Trinajstić information content (AvgIpc) is 3.11. The van der Waals surface area contributed by atoms with Gasteiger partial charge in [0.05, 0.1) is 32.5 Å². The van der Waals surface area contributed by atoms with Crippen LogP contribution in [0.4, 0.5) is 5.69 Å². The number of anilines is 1. The topological polar surface area (TPSA) is 62.3 Å². The Balaban J connectivity index is 1.58. The van der Waals surface area contributed by atoms with Crippen LogP contribution in [0.25, 0.3) is 10.2 Å². The lowest BCUT2D eigenvalue weighted by Crippen LogP contribution is -2.38. The number of hydrogen-bond acceptors (Lipinski definition) is 4. The number of halogens is 2. The summed E-state index contributed by atoms with van der Waals surface area (Å²) in [6.45, 7) is 2.47. The van der Waals surface area contributed by atoms with Crippen LogP contribution in [0.1, 0.15) is 24.8 Å². The third-order valence-electron chi connectivity index (χ3n) is 4.28. The van der Waals surface area contributed by atoms with E-state index in [0.29, 0.717) is 35.1 Å². The molecule has 1 N–H and O–H groups in total. The first kappa shape index (κ1) is 21.6. The Kier molecular flexibility index (Phi) is 7.47. The SMILES string of the molecule is CCCN(CC(=O)Nc1ccc(Cl)cc1Cl)C(=O)CCc1nc2ccccc2s1. The predicted molar refractivity (Wildman–Crippen MR) is 120 cm³/mol. The number of rotatable bonds is 8. The number of carbonyl (C=O) groups is 2. The lowest BCUT2D eigenvalue weighted by Gasteiger charge is -2.21. The van der Waals surface area contributed by atoms with Gasteiger partial charge < -0.3 is 10.2 Å². The van der Waals surface area contributed by atoms with Crippen molar-refractivity contribution < 1.29 is 9.59 Å². The van der Waals surface area contributed by atoms with Gasteiger partial charge in [-0.25, -0.2) is 4.98 Å². The molecule has 0 bridgehead atoms. The van der Waals surface area contributed by atoms with E-state index in [9.17, 15) is 9.59 Å². The zero-order valence-electron chi connectivity index (χ0n) is 16.0. The van der Waals surface area contributed by atoms with Crippen LogP contribution in [0.2, 0.25) is 10.0 Å². The van der Waals surface area contributed by atoms with Crippen LogP contribution >= 0.6 is 34.5 Å². The van der Waals surface area contributed by atoms with Gasteiger partial charge >= 0.3 is 0 Å². The Labute approximate surface area is 183 Å². The molecule has 1 heterocycles. The minimum absolute atomic E-state index is 0.0223. The number of nitrogens with one attached hydrogen (secondary N) is 1. The molecule has 8 heteroatoms. The fourth-order valence-corrected chi connectivity index (χ4v) is 4.34. The van der Waals surface area contributed by atoms with Crippen LogP contribution < -0.4 is 5.32 Å². The Hall–Kier alpha value is -2.15. The molecule has 0 unspecified atom stereocenters. The molecular formula is C21H21Cl2N3O2S. The van der Waals surface area contributed by atoms with Crippen molar-refractivity contribution in [3.8, 4) is 0 Å². The minimum atomic E-state index is -0.295. The van der Waals surface area contributed by atoms with E-state index in [2.05, 4.69) is 10.3 Å². The molecule has 0 saturated carbocycles. The molecule has 2 amide bonds. The maximum absolute atomic E-state index is 12.7. The fraction of sp³-hybridized carbons (Fsp3) is 0.286. The van der Waals surface area contributed by atoms with Crippen molar-refractivity contribution in [2.75, 3.05) is 18.4 Å². The molecule has 0 radical (unpaired) electrons. The number of aromatic nitrogens is 1. The fourth-order valence-electron chi connectivity index (χ4n) is 2.91. The van der Waals surface area contributed by atoms with Crippen LogP contribution in [-0.2, 0) is 16.0 Å². The molecule has 5 nitrogen and oxygen atoms in total. The first-order valence-corrected chi connectivity index (χ1v) is 10.9. The van der Waals surface area contributed by atoms with E-state index in [4.69, 9.17) is 23.2 Å². The summed E-state index contributed by atoms with van der Waals surface area (Å²) in [5.74, 6) is -0.362. The highest BCUT2D eigenvalue weighted by molar-refractivity contribution is 7.18. The maximum Gasteiger partial charge on any atom is 0.244 e. The summed E-state index contributed by atoms with van der Waals surface area (Å²) in [6.07, 6.45) is 1.64. The van der Waals surface area contributed by atoms with Gasteiger partial charge in [0.1, 0.15) is 0 Å². The molecule has 0 aliphatic carbocycles. The summed E-state index contributed by atoms with van der Waals surface area (Å²) in [5.41, 5.74) is 1.42. The summed E-state index contributed by atoms with van der Waals surface area (Å²) in [5, 5.41) is 4.51. The van der Waals surface area contributed by atoms with E-state index in [1.807, 2.05) is 31.2 Å². The van der Waals surface area contributed by atoms with Crippen molar-refractivity contribution in [1.82, 2.24) is 9.88 Å². The third kappa shape index (κ3) is 5.92. The standard InChI is InChI=1S/C21H21Cl2N3O2S/c1-2-11-26(13-19(27)24-16-8-7-14(22)12-15(16)23)21(28)10-9-20-25-17-5-3-4-6-18(17)29-20/h3-8,12H,2,9-11,13H2,1H3,(H,24,27). The monoisotopic (exact) mass is 449 g/mol. The van der Waals surface area contributed by atoms with E-state index in [1.54, 1.807) is 34.4 Å². The van der Waals surface area contributed by atoms with Gasteiger partial charge in [-0.2, -0.15) is 0 Å². The summed E-state index contributed by atoms with van der Waals surface area (Å²) in [6, 6.07) is 12.8. The van der Waals surface area contributed by atoms with Gasteiger partial charge in [-0.05, 0) is 36.8 Å². The zero-order chi connectivity index (χ0) is 20.8. The van der Waals surface area contributed by atoms with Crippen LogP contribution in [0.3, 0.4) is 0 Å². The molecule has 3 rings (SSSR count). The second-order valence-corrected chi connectivity index (χ2v) is 8.52. The van der Waals surface area contributed by atoms with E-state index >= 15 is 0 Å². The lowest BCUT2D eigenvalue weighted by molar-refractivity contribution is -0.134. The van der Waals surface area contributed by atoms with E-state index in [-0.39, 0.29) is 18.4 Å². The Morgan fingerprint density at radius 3 is 2.69 bits per heavy atom. The number of thiazole rings is 1. The molecule has 0 fully saturated rings. The van der Waals surface area contributed by atoms with Crippen molar-refractivity contribution in [3.05, 3.63) is 57.5 Å². The first-order chi connectivity index (χ1) is 14.0. The lowest BCUT2D eigenvalue weighted by atomic mass is 10.2. The highest BCUT2D eigenvalue weighted by Crippen LogP contribution is 2.25. The molecule has 3 aromatic rings. The van der Waals surface area contributed by atoms with Crippen LogP contribution in [0.5, 0.6) is 0 Å². The quantitative estimate of drug-likeness (QED) is 0.499. The number of nitrogens with zero attached hydrogens (tertiary/aromatic N) is 2. The van der Waals surface area contributed by atoms with Crippen LogP contribution in [0, 0.1) is 0 Å². The summed E-state index contributed by atoms with van der Waals surface area (Å²) in [4.78, 5) is 31.3. The van der Waals surface area contributed by atoms with Crippen molar-refractivity contribution in [2.24, 2.45) is 0 Å². The Bertz CT molecular complexity index is 989. The van der Waals surface area contributed by atoms with Gasteiger partial charge in [0.15, 0.2) is 0 Å². The third-order valence-corrected chi connectivity index (χ3v) is 5.92. The second-order valence-electron chi connectivity index (χ2n) is 6.56. The number of amides is 2. The molecule has 0 saturated heterocycles. The molecule has 0 aliphatic heterocycles. The van der Waals surface area contributed by atoms with E-state index in [1.165, 1.54) is 0 Å². The number of para-hydroxylation sites is 1. The summed E-state index contributed by atoms with van der Waals surface area (Å²) < 4.78 is 1.11. The normalized spacial score (nSPS) is 10.9. The highest BCUT2D eigenvalue weighted by Gasteiger charge is 2.18. The average molecular weight is 450 g/mol. The number of fused-ring (bicyclic) bond motifs is 1. The van der Waals surface area contributed by atoms with Crippen LogP contribution in [0.15, 0.2) is 42.5 Å². The van der Waals surface area contributed by atoms with Gasteiger partial charge in [0.25, 0.3) is 0 Å². The number of hydrogen-bond donors (Lipinski definition) is 1. The van der Waals surface area contributed by atoms with Crippen molar-refractivity contribution in [3.63, 3.8) is 0 Å². The largest absolute Gasteiger partial charge is 0.333 e. The molecule has 0 spiro atoms. The summed E-state index contributed by atoms with van der Waals surface area (Å²) in [7, 11) is 0. The van der Waals surface area contributed by atoms with Gasteiger partial charge in [-0.15, -0.1) is 11.3 Å². The van der Waals surface area contributed by atoms with Crippen LogP contribution in [-0.4, -0.2) is 34.8 Å². The Morgan fingerprint density at radius 2 is 1.97 bits per heavy atom. The van der Waals surface area contributed by atoms with Gasteiger partial charge in [-0.3, -0.25) is 9.59 Å². The van der Waals surface area contributed by atoms with Crippen molar-refractivity contribution >= 4 is 62.3 Å². The number of benzene rings is 2. The van der Waals surface area contributed by atoms with Crippen molar-refractivity contribution in [1.29, 1.82) is 0 Å². The summed E-state index contributed by atoms with van der Waals surface area (Å²) >= 11 is 13.6. The molecule has 0 atom stereocenters. The second kappa shape index (κ2) is 10.1.